The molecule has 0 aliphatic carbocycles. The molecule has 0 aromatic heterocycles. The van der Waals surface area contributed by atoms with E-state index in [1.807, 2.05) is 0 Å². The molecule has 15 heavy (non-hydrogen) atoms. The molecule has 6 heteroatoms. The van der Waals surface area contributed by atoms with Crippen LogP contribution in [0.4, 0.5) is 0 Å². The molecule has 0 amide bonds. The van der Waals surface area contributed by atoms with Crippen LogP contribution in [-0.2, 0) is 4.79 Å². The maximum absolute atomic E-state index is 10.6. The van der Waals surface area contributed by atoms with Gasteiger partial charge in [-0.3, -0.25) is 14.9 Å². The topological polar surface area (TPSA) is 92.8 Å². The lowest BCUT2D eigenvalue weighted by Gasteiger charge is -1.99. The molecule has 0 saturated heterocycles. The summed E-state index contributed by atoms with van der Waals surface area (Å²) in [5.74, 6) is 0.0135. The van der Waals surface area contributed by atoms with E-state index in [0.717, 1.165) is 12.3 Å². The summed E-state index contributed by atoms with van der Waals surface area (Å²) < 4.78 is 0. The van der Waals surface area contributed by atoms with E-state index in [2.05, 4.69) is 5.16 Å². The summed E-state index contributed by atoms with van der Waals surface area (Å²) in [7, 11) is 0. The van der Waals surface area contributed by atoms with Crippen molar-refractivity contribution in [2.45, 2.75) is 13.8 Å². The fourth-order valence-corrected chi connectivity index (χ4v) is 0.911. The monoisotopic (exact) mass is 212 g/mol. The Bertz CT molecular complexity index is 329. The molecule has 0 spiro atoms. The van der Waals surface area contributed by atoms with Gasteiger partial charge in [0.15, 0.2) is 6.29 Å². The fraction of sp³-hybridized carbons (Fsp3) is 0.333. The molecule has 0 radical (unpaired) electrons. The van der Waals surface area contributed by atoms with Crippen molar-refractivity contribution >= 4 is 12.5 Å². The maximum Gasteiger partial charge on any atom is 0.281 e. The van der Waals surface area contributed by atoms with Crippen LogP contribution in [0.1, 0.15) is 13.8 Å². The molecule has 82 valence electrons. The maximum atomic E-state index is 10.6. The van der Waals surface area contributed by atoms with Crippen molar-refractivity contribution in [3.05, 3.63) is 33.5 Å². The van der Waals surface area contributed by atoms with Gasteiger partial charge in [-0.1, -0.05) is 25.1 Å². The first-order valence-corrected chi connectivity index (χ1v) is 4.22. The Kier molecular flexibility index (Phi) is 5.62. The van der Waals surface area contributed by atoms with Crippen molar-refractivity contribution in [1.82, 2.24) is 0 Å². The Labute approximate surface area is 86.7 Å². The van der Waals surface area contributed by atoms with E-state index in [1.165, 1.54) is 6.08 Å². The molecule has 0 saturated carbocycles. The summed E-state index contributed by atoms with van der Waals surface area (Å²) in [4.78, 5) is 20.5. The SMILES string of the molecule is CC(C)\C=C(C=O)/C(=C\C=N\O)[N+](=O)[O-]. The lowest BCUT2D eigenvalue weighted by Crippen LogP contribution is -2.05. The van der Waals surface area contributed by atoms with Gasteiger partial charge in [-0.15, -0.1) is 0 Å². The normalized spacial score (nSPS) is 13.5. The van der Waals surface area contributed by atoms with Gasteiger partial charge in [-0.25, -0.2) is 0 Å². The van der Waals surface area contributed by atoms with Crippen LogP contribution in [-0.4, -0.2) is 22.6 Å². The van der Waals surface area contributed by atoms with Crippen LogP contribution < -0.4 is 0 Å². The highest BCUT2D eigenvalue weighted by Gasteiger charge is 2.16. The molecule has 0 aliphatic heterocycles. The average molecular weight is 212 g/mol. The molecule has 0 aromatic carbocycles. The first kappa shape index (κ1) is 13.0. The van der Waals surface area contributed by atoms with Gasteiger partial charge in [0.1, 0.15) is 0 Å². The third kappa shape index (κ3) is 4.70. The molecule has 0 unspecified atom stereocenters. The summed E-state index contributed by atoms with van der Waals surface area (Å²) in [6.07, 6.45) is 3.67. The smallest absolute Gasteiger partial charge is 0.281 e. The average Bonchev–Trinajstić information content (AvgIpc) is 2.15. The van der Waals surface area contributed by atoms with E-state index in [9.17, 15) is 14.9 Å². The van der Waals surface area contributed by atoms with Gasteiger partial charge in [0, 0.05) is 6.08 Å². The molecule has 0 heterocycles. The number of hydrogen-bond donors (Lipinski definition) is 1. The van der Waals surface area contributed by atoms with Gasteiger partial charge in [0.2, 0.25) is 0 Å². The molecule has 6 nitrogen and oxygen atoms in total. The highest BCUT2D eigenvalue weighted by atomic mass is 16.6. The van der Waals surface area contributed by atoms with Crippen LogP contribution in [0.25, 0.3) is 0 Å². The summed E-state index contributed by atoms with van der Waals surface area (Å²) in [5, 5.41) is 21.3. The third-order valence-corrected chi connectivity index (χ3v) is 1.43. The Morgan fingerprint density at radius 3 is 2.47 bits per heavy atom. The predicted molar refractivity (Wildman–Crippen MR) is 54.3 cm³/mol. The number of nitrogens with zero attached hydrogens (tertiary/aromatic N) is 2. The second-order valence-corrected chi connectivity index (χ2v) is 3.06. The minimum absolute atomic E-state index is 0.0135. The van der Waals surface area contributed by atoms with Gasteiger partial charge in [-0.2, -0.15) is 0 Å². The van der Waals surface area contributed by atoms with E-state index in [4.69, 9.17) is 5.21 Å². The van der Waals surface area contributed by atoms with Crippen molar-refractivity contribution in [1.29, 1.82) is 0 Å². The van der Waals surface area contributed by atoms with E-state index in [0.29, 0.717) is 6.29 Å². The summed E-state index contributed by atoms with van der Waals surface area (Å²) in [5.41, 5.74) is -0.425. The Morgan fingerprint density at radius 1 is 1.53 bits per heavy atom. The van der Waals surface area contributed by atoms with Crippen molar-refractivity contribution in [2.24, 2.45) is 11.1 Å². The first-order valence-electron chi connectivity index (χ1n) is 4.22. The molecular weight excluding hydrogens is 200 g/mol. The van der Waals surface area contributed by atoms with Crippen molar-refractivity contribution in [3.63, 3.8) is 0 Å². The zero-order valence-electron chi connectivity index (χ0n) is 8.45. The quantitative estimate of drug-likeness (QED) is 0.142. The molecule has 0 bridgehead atoms. The summed E-state index contributed by atoms with van der Waals surface area (Å²) in [6, 6.07) is 0. The number of carbonyl (C=O) groups is 1. The minimum atomic E-state index is -0.704. The van der Waals surface area contributed by atoms with E-state index >= 15 is 0 Å². The Morgan fingerprint density at radius 2 is 2.13 bits per heavy atom. The van der Waals surface area contributed by atoms with Crippen LogP contribution in [0, 0.1) is 16.0 Å². The van der Waals surface area contributed by atoms with E-state index < -0.39 is 10.6 Å². The van der Waals surface area contributed by atoms with Crippen molar-refractivity contribution in [2.75, 3.05) is 0 Å². The number of rotatable bonds is 5. The van der Waals surface area contributed by atoms with E-state index in [1.54, 1.807) is 13.8 Å². The number of aldehydes is 1. The van der Waals surface area contributed by atoms with Crippen LogP contribution in [0.5, 0.6) is 0 Å². The standard InChI is InChI=1S/C9H12N2O4/c1-7(2)5-8(6-12)9(11(14)15)3-4-10-13/h3-7,13H,1-2H3/b8-5-,9-3+,10-4+. The zero-order chi connectivity index (χ0) is 11.8. The number of oxime groups is 1. The fourth-order valence-electron chi connectivity index (χ4n) is 0.911. The van der Waals surface area contributed by atoms with Crippen molar-refractivity contribution < 1.29 is 14.9 Å². The Hall–Kier alpha value is -1.98. The highest BCUT2D eigenvalue weighted by molar-refractivity contribution is 5.83. The third-order valence-electron chi connectivity index (χ3n) is 1.43. The second kappa shape index (κ2) is 6.47. The zero-order valence-corrected chi connectivity index (χ0v) is 8.45. The molecule has 0 aromatic rings. The van der Waals surface area contributed by atoms with Gasteiger partial charge in [0.25, 0.3) is 5.70 Å². The molecule has 0 aliphatic rings. The first-order chi connectivity index (χ1) is 7.02. The molecule has 0 atom stereocenters. The minimum Gasteiger partial charge on any atom is -0.411 e. The largest absolute Gasteiger partial charge is 0.411 e. The van der Waals surface area contributed by atoms with Gasteiger partial charge in [-0.05, 0) is 5.92 Å². The van der Waals surface area contributed by atoms with Crippen LogP contribution in [0.3, 0.4) is 0 Å². The number of allylic oxidation sites excluding steroid dienone is 3. The summed E-state index contributed by atoms with van der Waals surface area (Å²) in [6.45, 7) is 3.59. The van der Waals surface area contributed by atoms with Gasteiger partial charge < -0.3 is 5.21 Å². The lowest BCUT2D eigenvalue weighted by molar-refractivity contribution is -0.420. The number of carbonyl (C=O) groups excluding carboxylic acids is 1. The number of hydrogen-bond acceptors (Lipinski definition) is 5. The van der Waals surface area contributed by atoms with Crippen LogP contribution >= 0.6 is 0 Å². The number of nitro groups is 1. The molecule has 0 fully saturated rings. The summed E-state index contributed by atoms with van der Waals surface area (Å²) >= 11 is 0. The lowest BCUT2D eigenvalue weighted by atomic mass is 10.1. The van der Waals surface area contributed by atoms with Gasteiger partial charge in [0.05, 0.1) is 16.7 Å². The second-order valence-electron chi connectivity index (χ2n) is 3.06. The van der Waals surface area contributed by atoms with Gasteiger partial charge >= 0.3 is 0 Å². The molecule has 0 rings (SSSR count). The predicted octanol–water partition coefficient (Wildman–Crippen LogP) is 1.39. The van der Waals surface area contributed by atoms with Crippen LogP contribution in [0.15, 0.2) is 28.6 Å². The highest BCUT2D eigenvalue weighted by Crippen LogP contribution is 2.11. The van der Waals surface area contributed by atoms with Crippen molar-refractivity contribution in [3.8, 4) is 0 Å². The van der Waals surface area contributed by atoms with Crippen LogP contribution in [0.2, 0.25) is 0 Å². The Balaban J connectivity index is 5.22. The van der Waals surface area contributed by atoms with E-state index in [-0.39, 0.29) is 11.5 Å². The molecule has 1 N–H and O–H groups in total. The molecular formula is C9H12N2O4.